The Hall–Kier alpha value is -1.63. The summed E-state index contributed by atoms with van der Waals surface area (Å²) in [5.41, 5.74) is 0. The molecule has 2 unspecified atom stereocenters. The summed E-state index contributed by atoms with van der Waals surface area (Å²) in [5, 5.41) is 0. The molecule has 0 aromatic carbocycles. The minimum atomic E-state index is -1.18. The summed E-state index contributed by atoms with van der Waals surface area (Å²) in [6.07, 6.45) is 0.754. The lowest BCUT2D eigenvalue weighted by Crippen LogP contribution is -2.40. The molecule has 7 heteroatoms. The van der Waals surface area contributed by atoms with Crippen molar-refractivity contribution in [2.45, 2.75) is 52.6 Å². The van der Waals surface area contributed by atoms with Gasteiger partial charge < -0.3 is 18.9 Å². The Morgan fingerprint density at radius 3 is 2.13 bits per heavy atom. The molecule has 0 bridgehead atoms. The largest absolute Gasteiger partial charge is 0.467 e. The molecule has 0 rings (SSSR count). The Morgan fingerprint density at radius 2 is 1.61 bits per heavy atom. The molecular weight excluding hydrogens is 304 g/mol. The lowest BCUT2D eigenvalue weighted by atomic mass is 9.98. The van der Waals surface area contributed by atoms with Crippen LogP contribution in [-0.2, 0) is 33.3 Å². The minimum Gasteiger partial charge on any atom is -0.467 e. The number of unbranched alkanes of at least 4 members (excludes halogenated alkanes) is 1. The van der Waals surface area contributed by atoms with Gasteiger partial charge in [-0.05, 0) is 19.8 Å². The van der Waals surface area contributed by atoms with Crippen LogP contribution in [0.2, 0.25) is 0 Å². The normalized spacial score (nSPS) is 13.0. The van der Waals surface area contributed by atoms with Crippen LogP contribution in [0.3, 0.4) is 0 Å². The van der Waals surface area contributed by atoms with E-state index in [1.165, 1.54) is 7.11 Å². The topological polar surface area (TPSA) is 88.1 Å². The van der Waals surface area contributed by atoms with Crippen LogP contribution < -0.4 is 0 Å². The highest BCUT2D eigenvalue weighted by Crippen LogP contribution is 2.18. The Kier molecular flexibility index (Phi) is 12.0. The third-order valence-electron chi connectivity index (χ3n) is 3.04. The summed E-state index contributed by atoms with van der Waals surface area (Å²) in [4.78, 5) is 35.9. The maximum absolute atomic E-state index is 12.3. The van der Waals surface area contributed by atoms with Crippen LogP contribution in [-0.4, -0.2) is 50.9 Å². The van der Waals surface area contributed by atoms with E-state index < -0.39 is 29.9 Å². The molecule has 0 aromatic heterocycles. The van der Waals surface area contributed by atoms with Gasteiger partial charge in [-0.15, -0.1) is 0 Å². The third-order valence-corrected chi connectivity index (χ3v) is 3.04. The first-order valence-corrected chi connectivity index (χ1v) is 8.03. The summed E-state index contributed by atoms with van der Waals surface area (Å²) in [6.45, 7) is 6.18. The molecule has 0 saturated heterocycles. The van der Waals surface area contributed by atoms with Gasteiger partial charge in [-0.2, -0.15) is 0 Å². The maximum atomic E-state index is 12.3. The molecule has 23 heavy (non-hydrogen) atoms. The van der Waals surface area contributed by atoms with Gasteiger partial charge in [-0.25, -0.2) is 4.79 Å². The lowest BCUT2D eigenvalue weighted by molar-refractivity contribution is -0.172. The van der Waals surface area contributed by atoms with Gasteiger partial charge in [0.25, 0.3) is 0 Å². The molecular formula is C16H28O7. The number of methoxy groups -OCH3 is 1. The van der Waals surface area contributed by atoms with Crippen molar-refractivity contribution in [3.63, 3.8) is 0 Å². The predicted molar refractivity (Wildman–Crippen MR) is 82.7 cm³/mol. The van der Waals surface area contributed by atoms with Crippen LogP contribution in [0.15, 0.2) is 0 Å². The van der Waals surface area contributed by atoms with Gasteiger partial charge in [0, 0.05) is 6.61 Å². The molecule has 0 fully saturated rings. The van der Waals surface area contributed by atoms with Crippen LogP contribution in [0.25, 0.3) is 0 Å². The van der Waals surface area contributed by atoms with Gasteiger partial charge in [0.2, 0.25) is 0 Å². The smallest absolute Gasteiger partial charge is 0.335 e. The monoisotopic (exact) mass is 332 g/mol. The van der Waals surface area contributed by atoms with Gasteiger partial charge in [0.05, 0.1) is 26.7 Å². The average molecular weight is 332 g/mol. The fraction of sp³-hybridized carbons (Fsp3) is 0.812. The predicted octanol–water partition coefficient (Wildman–Crippen LogP) is 1.87. The molecule has 0 heterocycles. The van der Waals surface area contributed by atoms with Crippen molar-refractivity contribution in [1.82, 2.24) is 0 Å². The van der Waals surface area contributed by atoms with Gasteiger partial charge >= 0.3 is 17.9 Å². The quantitative estimate of drug-likeness (QED) is 0.306. The maximum Gasteiger partial charge on any atom is 0.335 e. The van der Waals surface area contributed by atoms with Crippen molar-refractivity contribution < 1.29 is 33.3 Å². The second kappa shape index (κ2) is 12.9. The van der Waals surface area contributed by atoms with E-state index in [-0.39, 0.29) is 26.2 Å². The summed E-state index contributed by atoms with van der Waals surface area (Å²) in [5.74, 6) is -3.03. The number of hydrogen-bond donors (Lipinski definition) is 0. The molecule has 0 aliphatic heterocycles. The van der Waals surface area contributed by atoms with Crippen molar-refractivity contribution in [2.75, 3.05) is 26.9 Å². The first-order valence-electron chi connectivity index (χ1n) is 8.03. The Bertz CT molecular complexity index is 367. The van der Waals surface area contributed by atoms with E-state index in [0.717, 1.165) is 6.42 Å². The van der Waals surface area contributed by atoms with Crippen molar-refractivity contribution >= 4 is 17.9 Å². The number of ether oxygens (including phenoxy) is 4. The van der Waals surface area contributed by atoms with Crippen LogP contribution in [0.1, 0.15) is 46.5 Å². The van der Waals surface area contributed by atoms with E-state index in [0.29, 0.717) is 12.8 Å². The first-order chi connectivity index (χ1) is 11.0. The number of carbonyl (C=O) groups is 3. The molecule has 0 saturated carbocycles. The molecule has 0 aromatic rings. The summed E-state index contributed by atoms with van der Waals surface area (Å²) in [6, 6.07) is 0. The summed E-state index contributed by atoms with van der Waals surface area (Å²) in [7, 11) is 1.20. The fourth-order valence-corrected chi connectivity index (χ4v) is 1.85. The van der Waals surface area contributed by atoms with Gasteiger partial charge in [0.15, 0.2) is 6.10 Å². The van der Waals surface area contributed by atoms with E-state index in [4.69, 9.17) is 14.2 Å². The van der Waals surface area contributed by atoms with Gasteiger partial charge in [-0.1, -0.05) is 20.3 Å². The van der Waals surface area contributed by atoms with E-state index in [1.807, 2.05) is 13.8 Å². The molecule has 0 N–H and O–H groups in total. The van der Waals surface area contributed by atoms with E-state index in [9.17, 15) is 14.4 Å². The van der Waals surface area contributed by atoms with Crippen LogP contribution in [0.5, 0.6) is 0 Å². The van der Waals surface area contributed by atoms with Crippen molar-refractivity contribution in [3.05, 3.63) is 0 Å². The second-order valence-electron chi connectivity index (χ2n) is 4.95. The number of hydrogen-bond acceptors (Lipinski definition) is 7. The SMILES string of the molecule is CCCCOC(=O)C(CC(=O)OCC)C(OCCC)C(=O)OC. The fourth-order valence-electron chi connectivity index (χ4n) is 1.85. The molecule has 134 valence electrons. The molecule has 0 spiro atoms. The Labute approximate surface area is 137 Å². The summed E-state index contributed by atoms with van der Waals surface area (Å²) < 4.78 is 20.1. The van der Waals surface area contributed by atoms with E-state index in [2.05, 4.69) is 4.74 Å². The first kappa shape index (κ1) is 21.4. The van der Waals surface area contributed by atoms with Gasteiger partial charge in [0.1, 0.15) is 5.92 Å². The van der Waals surface area contributed by atoms with Crippen molar-refractivity contribution in [1.29, 1.82) is 0 Å². The molecule has 7 nitrogen and oxygen atoms in total. The number of esters is 3. The average Bonchev–Trinajstić information content (AvgIpc) is 2.53. The van der Waals surface area contributed by atoms with Crippen molar-refractivity contribution in [2.24, 2.45) is 5.92 Å². The van der Waals surface area contributed by atoms with Crippen LogP contribution >= 0.6 is 0 Å². The highest BCUT2D eigenvalue weighted by atomic mass is 16.6. The molecule has 0 aliphatic rings. The highest BCUT2D eigenvalue weighted by molar-refractivity contribution is 5.87. The molecule has 0 radical (unpaired) electrons. The zero-order chi connectivity index (χ0) is 17.7. The minimum absolute atomic E-state index is 0.190. The van der Waals surface area contributed by atoms with E-state index in [1.54, 1.807) is 6.92 Å². The second-order valence-corrected chi connectivity index (χ2v) is 4.95. The zero-order valence-electron chi connectivity index (χ0n) is 14.5. The molecule has 2 atom stereocenters. The van der Waals surface area contributed by atoms with Crippen LogP contribution in [0.4, 0.5) is 0 Å². The highest BCUT2D eigenvalue weighted by Gasteiger charge is 2.38. The Balaban J connectivity index is 5.10. The summed E-state index contributed by atoms with van der Waals surface area (Å²) >= 11 is 0. The lowest BCUT2D eigenvalue weighted by Gasteiger charge is -2.23. The van der Waals surface area contributed by atoms with Crippen LogP contribution in [0, 0.1) is 5.92 Å². The van der Waals surface area contributed by atoms with Gasteiger partial charge in [-0.3, -0.25) is 9.59 Å². The number of carbonyl (C=O) groups excluding carboxylic acids is 3. The molecule has 0 amide bonds. The zero-order valence-corrected chi connectivity index (χ0v) is 14.5. The van der Waals surface area contributed by atoms with Crippen molar-refractivity contribution in [3.8, 4) is 0 Å². The molecule has 0 aliphatic carbocycles. The Morgan fingerprint density at radius 1 is 0.913 bits per heavy atom. The third kappa shape index (κ3) is 8.54. The standard InChI is InChI=1S/C16H28O7/c1-5-8-10-23-15(18)12(11-13(17)21-7-3)14(16(19)20-4)22-9-6-2/h12,14H,5-11H2,1-4H3. The number of rotatable bonds is 12. The van der Waals surface area contributed by atoms with E-state index >= 15 is 0 Å².